The van der Waals surface area contributed by atoms with Gasteiger partial charge in [0.25, 0.3) is 0 Å². The van der Waals surface area contributed by atoms with Crippen molar-refractivity contribution in [2.75, 3.05) is 11.4 Å². The Labute approximate surface area is 218 Å². The second-order valence-electron chi connectivity index (χ2n) is 10.0. The van der Waals surface area contributed by atoms with E-state index < -0.39 is 6.04 Å². The molecule has 4 aromatic rings. The van der Waals surface area contributed by atoms with Gasteiger partial charge in [0.05, 0.1) is 11.2 Å². The molecule has 4 rings (SSSR count). The monoisotopic (exact) mass is 497 g/mol. The fourth-order valence-electron chi connectivity index (χ4n) is 4.57. The Kier molecular flexibility index (Phi) is 8.01. The Morgan fingerprint density at radius 3 is 2.27 bits per heavy atom. The van der Waals surface area contributed by atoms with Crippen molar-refractivity contribution in [2.45, 2.75) is 53.6 Å². The lowest BCUT2D eigenvalue weighted by Crippen LogP contribution is -2.46. The van der Waals surface area contributed by atoms with E-state index in [2.05, 4.69) is 29.5 Å². The first-order valence-corrected chi connectivity index (χ1v) is 12.8. The van der Waals surface area contributed by atoms with Crippen molar-refractivity contribution >= 4 is 28.5 Å². The molecule has 0 aliphatic carbocycles. The molecule has 37 heavy (non-hydrogen) atoms. The Balaban J connectivity index is 1.81. The molecule has 0 spiro atoms. The van der Waals surface area contributed by atoms with Gasteiger partial charge in [0.1, 0.15) is 18.1 Å². The van der Waals surface area contributed by atoms with Crippen molar-refractivity contribution in [3.05, 3.63) is 89.0 Å². The zero-order valence-electron chi connectivity index (χ0n) is 22.2. The molecule has 192 valence electrons. The number of para-hydroxylation sites is 2. The molecular formula is C30H35N5O2. The van der Waals surface area contributed by atoms with Gasteiger partial charge >= 0.3 is 0 Å². The number of hydrogen-bond acceptors (Lipinski definition) is 4. The van der Waals surface area contributed by atoms with Crippen LogP contribution in [-0.4, -0.2) is 33.4 Å². The summed E-state index contributed by atoms with van der Waals surface area (Å²) in [5.74, 6) is 0.0108. The van der Waals surface area contributed by atoms with Crippen LogP contribution in [0, 0.1) is 26.7 Å². The summed E-state index contributed by atoms with van der Waals surface area (Å²) in [6, 6.07) is 20.4. The minimum atomic E-state index is -0.838. The van der Waals surface area contributed by atoms with Crippen molar-refractivity contribution in [1.29, 1.82) is 0 Å². The highest BCUT2D eigenvalue weighted by atomic mass is 16.2. The van der Waals surface area contributed by atoms with Gasteiger partial charge in [-0.25, -0.2) is 4.68 Å². The molecule has 0 saturated carbocycles. The van der Waals surface area contributed by atoms with Crippen molar-refractivity contribution in [2.24, 2.45) is 5.92 Å². The van der Waals surface area contributed by atoms with Crippen LogP contribution in [0.3, 0.4) is 0 Å². The molecule has 1 unspecified atom stereocenters. The van der Waals surface area contributed by atoms with Gasteiger partial charge in [-0.1, -0.05) is 79.2 Å². The molecule has 7 heteroatoms. The lowest BCUT2D eigenvalue weighted by Gasteiger charge is -2.34. The van der Waals surface area contributed by atoms with E-state index in [0.717, 1.165) is 45.4 Å². The third-order valence-corrected chi connectivity index (χ3v) is 6.57. The molecule has 1 heterocycles. The average molecular weight is 498 g/mol. The molecule has 7 nitrogen and oxygen atoms in total. The summed E-state index contributed by atoms with van der Waals surface area (Å²) in [7, 11) is 0. The number of nitrogens with zero attached hydrogens (tertiary/aromatic N) is 4. The number of aryl methyl sites for hydroxylation is 3. The molecular weight excluding hydrogens is 462 g/mol. The molecule has 0 saturated heterocycles. The van der Waals surface area contributed by atoms with Gasteiger partial charge in [-0.2, -0.15) is 0 Å². The average Bonchev–Trinajstić information content (AvgIpc) is 3.26. The van der Waals surface area contributed by atoms with Gasteiger partial charge in [-0.15, -0.1) is 5.10 Å². The number of carbonyl (C=O) groups excluding carboxylic acids is 2. The predicted molar refractivity (Wildman–Crippen MR) is 147 cm³/mol. The van der Waals surface area contributed by atoms with Crippen LogP contribution >= 0.6 is 0 Å². The number of fused-ring (bicyclic) bond motifs is 1. The number of anilines is 1. The number of carbonyl (C=O) groups is 2. The van der Waals surface area contributed by atoms with E-state index in [1.165, 1.54) is 0 Å². The van der Waals surface area contributed by atoms with Gasteiger partial charge in [-0.05, 0) is 61.9 Å². The van der Waals surface area contributed by atoms with Crippen LogP contribution in [0.4, 0.5) is 5.69 Å². The predicted octanol–water partition coefficient (Wildman–Crippen LogP) is 5.29. The van der Waals surface area contributed by atoms with E-state index in [1.54, 1.807) is 9.58 Å². The smallest absolute Gasteiger partial charge is 0.249 e. The molecule has 0 fully saturated rings. The Morgan fingerprint density at radius 2 is 1.59 bits per heavy atom. The van der Waals surface area contributed by atoms with E-state index in [1.807, 2.05) is 87.5 Å². The third kappa shape index (κ3) is 5.88. The highest BCUT2D eigenvalue weighted by Gasteiger charge is 2.34. The van der Waals surface area contributed by atoms with Gasteiger partial charge in [0, 0.05) is 6.54 Å². The normalized spacial score (nSPS) is 12.1. The largest absolute Gasteiger partial charge is 0.354 e. The molecule has 0 radical (unpaired) electrons. The minimum Gasteiger partial charge on any atom is -0.354 e. The fraction of sp³-hybridized carbons (Fsp3) is 0.333. The van der Waals surface area contributed by atoms with Crippen molar-refractivity contribution in [3.8, 4) is 0 Å². The van der Waals surface area contributed by atoms with Gasteiger partial charge in [-0.3, -0.25) is 14.5 Å². The third-order valence-electron chi connectivity index (χ3n) is 6.57. The van der Waals surface area contributed by atoms with Crippen LogP contribution < -0.4 is 10.2 Å². The fourth-order valence-corrected chi connectivity index (χ4v) is 4.57. The summed E-state index contributed by atoms with van der Waals surface area (Å²) in [4.78, 5) is 29.7. The first kappa shape index (κ1) is 26.1. The molecule has 1 atom stereocenters. The zero-order valence-corrected chi connectivity index (χ0v) is 22.2. The molecule has 3 aromatic carbocycles. The van der Waals surface area contributed by atoms with Crippen LogP contribution in [0.15, 0.2) is 66.7 Å². The summed E-state index contributed by atoms with van der Waals surface area (Å²) in [6.45, 7) is 10.7. The first-order chi connectivity index (χ1) is 17.8. The first-order valence-electron chi connectivity index (χ1n) is 12.8. The maximum atomic E-state index is 14.2. The Hall–Kier alpha value is -4.00. The lowest BCUT2D eigenvalue weighted by molar-refractivity contribution is -0.127. The molecule has 1 aromatic heterocycles. The van der Waals surface area contributed by atoms with E-state index in [4.69, 9.17) is 0 Å². The van der Waals surface area contributed by atoms with Crippen LogP contribution in [-0.2, 0) is 16.1 Å². The Bertz CT molecular complexity index is 1370. The summed E-state index contributed by atoms with van der Waals surface area (Å²) in [6.07, 6.45) is 0.856. The SMILES string of the molecule is Cc1ccc(C(C(=O)NCCC(C)C)N(C(=O)Cn2nnc3ccccc32)c2c(C)cccc2C)cc1. The van der Waals surface area contributed by atoms with E-state index in [9.17, 15) is 9.59 Å². The maximum absolute atomic E-state index is 14.2. The molecule has 0 bridgehead atoms. The van der Waals surface area contributed by atoms with Gasteiger partial charge in [0.2, 0.25) is 11.8 Å². The number of amides is 2. The number of benzene rings is 3. The van der Waals surface area contributed by atoms with Crippen molar-refractivity contribution in [1.82, 2.24) is 20.3 Å². The highest BCUT2D eigenvalue weighted by Crippen LogP contribution is 2.34. The zero-order chi connectivity index (χ0) is 26.5. The summed E-state index contributed by atoms with van der Waals surface area (Å²) < 4.78 is 1.60. The Morgan fingerprint density at radius 1 is 0.919 bits per heavy atom. The van der Waals surface area contributed by atoms with Crippen LogP contribution in [0.25, 0.3) is 11.0 Å². The van der Waals surface area contributed by atoms with Crippen LogP contribution in [0.5, 0.6) is 0 Å². The van der Waals surface area contributed by atoms with E-state index in [-0.39, 0.29) is 18.4 Å². The van der Waals surface area contributed by atoms with E-state index >= 15 is 0 Å². The highest BCUT2D eigenvalue weighted by molar-refractivity contribution is 6.02. The quantitative estimate of drug-likeness (QED) is 0.341. The lowest BCUT2D eigenvalue weighted by atomic mass is 9.99. The molecule has 2 amide bonds. The molecule has 0 aliphatic heterocycles. The van der Waals surface area contributed by atoms with Gasteiger partial charge < -0.3 is 5.32 Å². The van der Waals surface area contributed by atoms with Crippen molar-refractivity contribution < 1.29 is 9.59 Å². The summed E-state index contributed by atoms with van der Waals surface area (Å²) >= 11 is 0. The van der Waals surface area contributed by atoms with Crippen LogP contribution in [0.1, 0.15) is 48.6 Å². The number of aromatic nitrogens is 3. The standard InChI is InChI=1S/C30H35N5O2/c1-20(2)17-18-31-30(37)29(24-15-13-21(3)14-16-24)35(28-22(4)9-8-10-23(28)5)27(36)19-34-26-12-7-6-11-25(26)32-33-34/h6-16,20,29H,17-19H2,1-5H3,(H,31,37). The second kappa shape index (κ2) is 11.4. The molecule has 1 N–H and O–H groups in total. The minimum absolute atomic E-state index is 0.0457. The number of hydrogen-bond donors (Lipinski definition) is 1. The van der Waals surface area contributed by atoms with Crippen molar-refractivity contribution in [3.63, 3.8) is 0 Å². The summed E-state index contributed by atoms with van der Waals surface area (Å²) in [5.41, 5.74) is 5.91. The number of rotatable bonds is 9. The topological polar surface area (TPSA) is 80.1 Å². The van der Waals surface area contributed by atoms with E-state index in [0.29, 0.717) is 12.5 Å². The number of nitrogens with one attached hydrogen (secondary N) is 1. The second-order valence-corrected chi connectivity index (χ2v) is 10.0. The molecule has 0 aliphatic rings. The maximum Gasteiger partial charge on any atom is 0.249 e. The summed E-state index contributed by atoms with van der Waals surface area (Å²) in [5, 5.41) is 11.5. The van der Waals surface area contributed by atoms with Crippen LogP contribution in [0.2, 0.25) is 0 Å². The van der Waals surface area contributed by atoms with Gasteiger partial charge in [0.15, 0.2) is 0 Å².